The summed E-state index contributed by atoms with van der Waals surface area (Å²) in [6.07, 6.45) is 14.9. The van der Waals surface area contributed by atoms with Gasteiger partial charge < -0.3 is 24.1 Å². The van der Waals surface area contributed by atoms with Crippen LogP contribution in [0, 0.1) is 17.3 Å². The van der Waals surface area contributed by atoms with Gasteiger partial charge in [0.2, 0.25) is 0 Å². The van der Waals surface area contributed by atoms with E-state index in [2.05, 4.69) is 13.8 Å². The molecule has 6 rings (SSSR count). The van der Waals surface area contributed by atoms with Crippen LogP contribution in [0.3, 0.4) is 0 Å². The van der Waals surface area contributed by atoms with Crippen molar-refractivity contribution >= 4 is 5.97 Å². The quantitative estimate of drug-likeness (QED) is 0.167. The van der Waals surface area contributed by atoms with Crippen LogP contribution in [-0.2, 0) is 23.7 Å². The summed E-state index contributed by atoms with van der Waals surface area (Å²) in [5.74, 6) is 1.11. The molecule has 4 aliphatic carbocycles. The molecule has 0 spiro atoms. The van der Waals surface area contributed by atoms with Crippen LogP contribution in [0.2, 0.25) is 0 Å². The number of ether oxygens (including phenoxy) is 4. The Labute approximate surface area is 217 Å². The van der Waals surface area contributed by atoms with E-state index in [9.17, 15) is 9.90 Å². The Kier molecular flexibility index (Phi) is 7.52. The molecule has 4 atom stereocenters. The van der Waals surface area contributed by atoms with E-state index in [1.165, 1.54) is 12.8 Å². The lowest BCUT2D eigenvalue weighted by Gasteiger charge is -2.62. The largest absolute Gasteiger partial charge is 0.497 e. The topological polar surface area (TPSA) is 74.2 Å². The molecule has 2 aliphatic heterocycles. The Morgan fingerprint density at radius 1 is 0.917 bits per heavy atom. The average Bonchev–Trinajstić information content (AvgIpc) is 2.78. The summed E-state index contributed by atoms with van der Waals surface area (Å²) in [6, 6.07) is 0. The zero-order chi connectivity index (χ0) is 25.4. The van der Waals surface area contributed by atoms with Gasteiger partial charge in [0.25, 0.3) is 0 Å². The number of carbonyl (C=O) groups is 1. The van der Waals surface area contributed by atoms with Crippen molar-refractivity contribution in [2.75, 3.05) is 26.4 Å². The standard InChI is InChI=1S/C30H48O6/c1-4-28(10-14-35-28)8-6-12-33-25(22(3)26(31)32)27-17-23-16-24(18-27)20-30(19-23,21-27)34-13-7-9-29(5-2)11-15-36-29/h23-24H,4-21H2,1-3H3,(H,31,32). The molecule has 0 aromatic heterocycles. The van der Waals surface area contributed by atoms with Crippen LogP contribution in [0.4, 0.5) is 0 Å². The van der Waals surface area contributed by atoms with Gasteiger partial charge in [-0.2, -0.15) is 0 Å². The molecular weight excluding hydrogens is 456 g/mol. The zero-order valence-electron chi connectivity index (χ0n) is 22.9. The monoisotopic (exact) mass is 504 g/mol. The summed E-state index contributed by atoms with van der Waals surface area (Å²) in [5, 5.41) is 9.99. The van der Waals surface area contributed by atoms with Gasteiger partial charge in [-0.3, -0.25) is 0 Å². The van der Waals surface area contributed by atoms with Crippen molar-refractivity contribution in [1.82, 2.24) is 0 Å². The van der Waals surface area contributed by atoms with Crippen molar-refractivity contribution in [2.45, 2.75) is 127 Å². The van der Waals surface area contributed by atoms with E-state index in [0.29, 0.717) is 24.0 Å². The summed E-state index contributed by atoms with van der Waals surface area (Å²) in [7, 11) is 0. The highest BCUT2D eigenvalue weighted by Crippen LogP contribution is 2.65. The number of carboxylic acid groups (broad SMARTS) is 1. The van der Waals surface area contributed by atoms with Gasteiger partial charge in [-0.05, 0) is 109 Å². The maximum Gasteiger partial charge on any atom is 0.334 e. The van der Waals surface area contributed by atoms with E-state index in [4.69, 9.17) is 18.9 Å². The molecule has 2 saturated heterocycles. The van der Waals surface area contributed by atoms with Gasteiger partial charge in [-0.25, -0.2) is 4.79 Å². The number of rotatable bonds is 14. The van der Waals surface area contributed by atoms with Crippen molar-refractivity contribution in [2.24, 2.45) is 17.3 Å². The first kappa shape index (κ1) is 26.5. The van der Waals surface area contributed by atoms with Crippen molar-refractivity contribution in [3.05, 3.63) is 11.3 Å². The molecule has 2 heterocycles. The molecule has 0 aromatic carbocycles. The molecule has 0 amide bonds. The minimum Gasteiger partial charge on any atom is -0.497 e. The fraction of sp³-hybridized carbons (Fsp3) is 0.900. The molecular formula is C30H48O6. The molecule has 6 aliphatic rings. The smallest absolute Gasteiger partial charge is 0.334 e. The van der Waals surface area contributed by atoms with Crippen LogP contribution in [0.5, 0.6) is 0 Å². The van der Waals surface area contributed by atoms with Gasteiger partial charge in [0, 0.05) is 12.0 Å². The van der Waals surface area contributed by atoms with Crippen molar-refractivity contribution in [1.29, 1.82) is 0 Å². The molecule has 4 saturated carbocycles. The number of hydrogen-bond donors (Lipinski definition) is 1. The van der Waals surface area contributed by atoms with E-state index in [0.717, 1.165) is 103 Å². The first-order valence-electron chi connectivity index (χ1n) is 14.8. The Balaban J connectivity index is 1.25. The second kappa shape index (κ2) is 10.2. The Hall–Kier alpha value is -1.11. The molecule has 6 nitrogen and oxygen atoms in total. The Bertz CT molecular complexity index is 813. The SMILES string of the molecule is CCC1(CCCOC(=C(C)C(=O)O)C23CC4CC(CC(OCCCC5(CC)CCO5)(C4)C2)C3)CCO1. The highest BCUT2D eigenvalue weighted by atomic mass is 16.5. The average molecular weight is 505 g/mol. The predicted octanol–water partition coefficient (Wildman–Crippen LogP) is 6.42. The van der Waals surface area contributed by atoms with Gasteiger partial charge in [0.1, 0.15) is 5.76 Å². The van der Waals surface area contributed by atoms with Gasteiger partial charge in [0.05, 0.1) is 42.2 Å². The molecule has 204 valence electrons. The van der Waals surface area contributed by atoms with E-state index >= 15 is 0 Å². The maximum atomic E-state index is 12.2. The van der Waals surface area contributed by atoms with Gasteiger partial charge >= 0.3 is 5.97 Å². The molecule has 0 aromatic rings. The van der Waals surface area contributed by atoms with Gasteiger partial charge in [-0.1, -0.05) is 13.8 Å². The minimum atomic E-state index is -0.853. The summed E-state index contributed by atoms with van der Waals surface area (Å²) in [4.78, 5) is 12.2. The molecule has 36 heavy (non-hydrogen) atoms. The summed E-state index contributed by atoms with van der Waals surface area (Å²) in [5.41, 5.74) is 0.195. The molecule has 6 heteroatoms. The second-order valence-electron chi connectivity index (χ2n) is 12.9. The van der Waals surface area contributed by atoms with Crippen molar-refractivity contribution in [3.63, 3.8) is 0 Å². The van der Waals surface area contributed by atoms with Crippen LogP contribution in [0.1, 0.15) is 111 Å². The number of allylic oxidation sites excluding steroid dienone is 1. The van der Waals surface area contributed by atoms with Crippen LogP contribution in [0.15, 0.2) is 11.3 Å². The van der Waals surface area contributed by atoms with Crippen molar-refractivity contribution in [3.8, 4) is 0 Å². The maximum absolute atomic E-state index is 12.2. The summed E-state index contributed by atoms with van der Waals surface area (Å²) < 4.78 is 25.0. The molecule has 4 bridgehead atoms. The lowest BCUT2D eigenvalue weighted by molar-refractivity contribution is -0.198. The third-order valence-corrected chi connectivity index (χ3v) is 10.6. The Morgan fingerprint density at radius 2 is 1.47 bits per heavy atom. The third kappa shape index (κ3) is 4.99. The zero-order valence-corrected chi connectivity index (χ0v) is 22.9. The number of carboxylic acids is 1. The molecule has 4 unspecified atom stereocenters. The number of hydrogen-bond acceptors (Lipinski definition) is 5. The lowest BCUT2D eigenvalue weighted by atomic mass is 9.47. The molecule has 0 radical (unpaired) electrons. The normalized spacial score (nSPS) is 41.4. The van der Waals surface area contributed by atoms with E-state index < -0.39 is 5.97 Å². The van der Waals surface area contributed by atoms with Crippen LogP contribution >= 0.6 is 0 Å². The van der Waals surface area contributed by atoms with Crippen LogP contribution in [-0.4, -0.2) is 54.3 Å². The highest BCUT2D eigenvalue weighted by molar-refractivity contribution is 5.86. The fourth-order valence-electron chi connectivity index (χ4n) is 8.71. The second-order valence-corrected chi connectivity index (χ2v) is 12.9. The van der Waals surface area contributed by atoms with Gasteiger partial charge in [0.15, 0.2) is 0 Å². The van der Waals surface area contributed by atoms with E-state index in [-0.39, 0.29) is 22.2 Å². The summed E-state index contributed by atoms with van der Waals surface area (Å²) >= 11 is 0. The van der Waals surface area contributed by atoms with E-state index in [1.54, 1.807) is 6.92 Å². The molecule has 1 N–H and O–H groups in total. The third-order valence-electron chi connectivity index (χ3n) is 10.6. The molecule has 6 fully saturated rings. The first-order valence-corrected chi connectivity index (χ1v) is 14.8. The van der Waals surface area contributed by atoms with Crippen LogP contribution in [0.25, 0.3) is 0 Å². The predicted molar refractivity (Wildman–Crippen MR) is 138 cm³/mol. The minimum absolute atomic E-state index is 0.0224. The van der Waals surface area contributed by atoms with Gasteiger partial charge in [-0.15, -0.1) is 0 Å². The first-order chi connectivity index (χ1) is 17.3. The fourth-order valence-corrected chi connectivity index (χ4v) is 8.71. The van der Waals surface area contributed by atoms with E-state index in [1.807, 2.05) is 0 Å². The highest BCUT2D eigenvalue weighted by Gasteiger charge is 2.61. The number of aliphatic carboxylic acids is 1. The Morgan fingerprint density at radius 3 is 1.94 bits per heavy atom. The van der Waals surface area contributed by atoms with Crippen LogP contribution < -0.4 is 0 Å². The van der Waals surface area contributed by atoms with Crippen molar-refractivity contribution < 1.29 is 28.8 Å². The summed E-state index contributed by atoms with van der Waals surface area (Å²) in [6.45, 7) is 9.26. The lowest BCUT2D eigenvalue weighted by Crippen LogP contribution is -2.58.